The Morgan fingerprint density at radius 3 is 2.45 bits per heavy atom. The lowest BCUT2D eigenvalue weighted by Gasteiger charge is -2.23. The third-order valence-electron chi connectivity index (χ3n) is 3.11. The lowest BCUT2D eigenvalue weighted by atomic mass is 9.85. The molecule has 3 nitrogen and oxygen atoms in total. The van der Waals surface area contributed by atoms with Crippen molar-refractivity contribution in [3.8, 4) is 0 Å². The van der Waals surface area contributed by atoms with E-state index in [0.29, 0.717) is 12.5 Å². The van der Waals surface area contributed by atoms with Crippen LogP contribution in [0.1, 0.15) is 39.2 Å². The van der Waals surface area contributed by atoms with E-state index in [-0.39, 0.29) is 29.4 Å². The van der Waals surface area contributed by atoms with E-state index >= 15 is 0 Å². The lowest BCUT2D eigenvalue weighted by Crippen LogP contribution is -2.34. The number of aliphatic imine (C=N–C) groups is 1. The Bertz CT molecular complexity index is 416. The van der Waals surface area contributed by atoms with Gasteiger partial charge in [-0.3, -0.25) is 4.99 Å². The average Bonchev–Trinajstić information content (AvgIpc) is 2.37. The van der Waals surface area contributed by atoms with Crippen molar-refractivity contribution in [2.24, 2.45) is 10.7 Å². The van der Waals surface area contributed by atoms with Gasteiger partial charge in [0, 0.05) is 17.0 Å². The normalized spacial score (nSPS) is 11.9. The molecule has 0 fully saturated rings. The zero-order valence-corrected chi connectivity index (χ0v) is 15.5. The van der Waals surface area contributed by atoms with Gasteiger partial charge in [-0.25, -0.2) is 0 Å². The van der Waals surface area contributed by atoms with Gasteiger partial charge in [0.05, 0.1) is 6.54 Å². The summed E-state index contributed by atoms with van der Waals surface area (Å²) < 4.78 is 0. The minimum Gasteiger partial charge on any atom is -0.370 e. The third-order valence-corrected chi connectivity index (χ3v) is 3.36. The third kappa shape index (κ3) is 6.79. The molecule has 0 heterocycles. The van der Waals surface area contributed by atoms with Crippen LogP contribution < -0.4 is 11.1 Å². The lowest BCUT2D eigenvalue weighted by molar-refractivity contribution is 0.538. The Morgan fingerprint density at radius 2 is 1.90 bits per heavy atom. The summed E-state index contributed by atoms with van der Waals surface area (Å²) in [7, 11) is 0. The molecule has 0 saturated carbocycles. The molecule has 0 radical (unpaired) electrons. The van der Waals surface area contributed by atoms with Gasteiger partial charge in [-0.15, -0.1) is 24.0 Å². The average molecular weight is 410 g/mol. The molecule has 0 aliphatic carbocycles. The molecule has 0 spiro atoms. The molecule has 0 aliphatic heterocycles. The summed E-state index contributed by atoms with van der Waals surface area (Å²) in [6.45, 7) is 7.99. The maximum Gasteiger partial charge on any atom is 0.188 e. The van der Waals surface area contributed by atoms with Crippen molar-refractivity contribution in [3.63, 3.8) is 0 Å². The smallest absolute Gasteiger partial charge is 0.188 e. The predicted octanol–water partition coefficient (Wildman–Crippen LogP) is 3.94. The predicted molar refractivity (Wildman–Crippen MR) is 99.3 cm³/mol. The summed E-state index contributed by atoms with van der Waals surface area (Å²) in [5.41, 5.74) is 7.00. The SMILES string of the molecule is CCCCNC(N)=NCC(C)(C)c1ccc(Cl)cc1.I. The molecule has 0 saturated heterocycles. The van der Waals surface area contributed by atoms with Crippen LogP contribution in [-0.2, 0) is 5.41 Å². The van der Waals surface area contributed by atoms with Crippen LogP contribution in [0.3, 0.4) is 0 Å². The van der Waals surface area contributed by atoms with E-state index in [1.54, 1.807) is 0 Å². The van der Waals surface area contributed by atoms with Gasteiger partial charge >= 0.3 is 0 Å². The highest BCUT2D eigenvalue weighted by Gasteiger charge is 2.20. The number of benzene rings is 1. The summed E-state index contributed by atoms with van der Waals surface area (Å²) in [6.07, 6.45) is 2.26. The van der Waals surface area contributed by atoms with Crippen LogP contribution in [0.15, 0.2) is 29.3 Å². The van der Waals surface area contributed by atoms with E-state index in [2.05, 4.69) is 31.1 Å². The van der Waals surface area contributed by atoms with E-state index in [1.165, 1.54) is 5.56 Å². The van der Waals surface area contributed by atoms with Crippen molar-refractivity contribution >= 4 is 41.5 Å². The van der Waals surface area contributed by atoms with Crippen LogP contribution in [-0.4, -0.2) is 19.0 Å². The van der Waals surface area contributed by atoms with Crippen molar-refractivity contribution in [3.05, 3.63) is 34.9 Å². The number of guanidine groups is 1. The molecule has 20 heavy (non-hydrogen) atoms. The molecule has 0 aliphatic rings. The Labute approximate surface area is 144 Å². The summed E-state index contributed by atoms with van der Waals surface area (Å²) in [5.74, 6) is 0.524. The highest BCUT2D eigenvalue weighted by atomic mass is 127. The fraction of sp³-hybridized carbons (Fsp3) is 0.533. The molecule has 0 bridgehead atoms. The van der Waals surface area contributed by atoms with Crippen LogP contribution in [0.25, 0.3) is 0 Å². The van der Waals surface area contributed by atoms with Crippen molar-refractivity contribution in [1.29, 1.82) is 0 Å². The Balaban J connectivity index is 0.00000361. The van der Waals surface area contributed by atoms with Crippen LogP contribution in [0.2, 0.25) is 5.02 Å². The fourth-order valence-corrected chi connectivity index (χ4v) is 1.85. The maximum absolute atomic E-state index is 5.90. The number of nitrogens with one attached hydrogen (secondary N) is 1. The molecule has 1 rings (SSSR count). The van der Waals surface area contributed by atoms with Crippen molar-refractivity contribution < 1.29 is 0 Å². The summed E-state index contributed by atoms with van der Waals surface area (Å²) in [5, 5.41) is 3.88. The first-order valence-corrected chi connectivity index (χ1v) is 7.13. The van der Waals surface area contributed by atoms with E-state index < -0.39 is 0 Å². The standard InChI is InChI=1S/C15H24ClN3.HI/c1-4-5-10-18-14(17)19-11-15(2,3)12-6-8-13(16)9-7-12;/h6-9H,4-5,10-11H2,1-3H3,(H3,17,18,19);1H. The number of rotatable bonds is 6. The van der Waals surface area contributed by atoms with E-state index in [9.17, 15) is 0 Å². The molecular weight excluding hydrogens is 385 g/mol. The molecular formula is C15H25ClIN3. The van der Waals surface area contributed by atoms with Crippen molar-refractivity contribution in [2.45, 2.75) is 39.0 Å². The highest BCUT2D eigenvalue weighted by Crippen LogP contribution is 2.24. The summed E-state index contributed by atoms with van der Waals surface area (Å²) in [4.78, 5) is 4.42. The first kappa shape index (κ1) is 19.5. The molecule has 0 atom stereocenters. The van der Waals surface area contributed by atoms with E-state index in [4.69, 9.17) is 17.3 Å². The largest absolute Gasteiger partial charge is 0.370 e. The van der Waals surface area contributed by atoms with Crippen LogP contribution in [0.4, 0.5) is 0 Å². The molecule has 1 aromatic rings. The molecule has 114 valence electrons. The molecule has 0 unspecified atom stereocenters. The number of nitrogens with two attached hydrogens (primary N) is 1. The number of unbranched alkanes of at least 4 members (excludes halogenated alkanes) is 1. The topological polar surface area (TPSA) is 50.4 Å². The van der Waals surface area contributed by atoms with Crippen molar-refractivity contribution in [2.75, 3.05) is 13.1 Å². The van der Waals surface area contributed by atoms with Gasteiger partial charge in [-0.2, -0.15) is 0 Å². The van der Waals surface area contributed by atoms with Gasteiger partial charge in [0.1, 0.15) is 0 Å². The van der Waals surface area contributed by atoms with Gasteiger partial charge in [0.25, 0.3) is 0 Å². The Kier molecular flexibility index (Phi) is 9.22. The number of nitrogens with zero attached hydrogens (tertiary/aromatic N) is 1. The fourth-order valence-electron chi connectivity index (χ4n) is 1.72. The number of hydrogen-bond donors (Lipinski definition) is 2. The quantitative estimate of drug-likeness (QED) is 0.324. The van der Waals surface area contributed by atoms with Gasteiger partial charge in [0.15, 0.2) is 5.96 Å². The molecule has 0 aromatic heterocycles. The van der Waals surface area contributed by atoms with Crippen LogP contribution in [0, 0.1) is 0 Å². The van der Waals surface area contributed by atoms with Crippen LogP contribution >= 0.6 is 35.6 Å². The van der Waals surface area contributed by atoms with Crippen molar-refractivity contribution in [1.82, 2.24) is 5.32 Å². The number of hydrogen-bond acceptors (Lipinski definition) is 1. The highest BCUT2D eigenvalue weighted by molar-refractivity contribution is 14.0. The monoisotopic (exact) mass is 409 g/mol. The van der Waals surface area contributed by atoms with Gasteiger partial charge < -0.3 is 11.1 Å². The first-order valence-electron chi connectivity index (χ1n) is 6.75. The second-order valence-corrected chi connectivity index (χ2v) is 5.81. The van der Waals surface area contributed by atoms with E-state index in [1.807, 2.05) is 24.3 Å². The van der Waals surface area contributed by atoms with E-state index in [0.717, 1.165) is 24.4 Å². The maximum atomic E-state index is 5.90. The Morgan fingerprint density at radius 1 is 1.30 bits per heavy atom. The molecule has 3 N–H and O–H groups in total. The minimum atomic E-state index is -0.0539. The molecule has 0 amide bonds. The summed E-state index contributed by atoms with van der Waals surface area (Å²) in [6, 6.07) is 7.90. The van der Waals surface area contributed by atoms with Crippen LogP contribution in [0.5, 0.6) is 0 Å². The zero-order valence-electron chi connectivity index (χ0n) is 12.4. The first-order chi connectivity index (χ1) is 8.95. The number of halogens is 2. The second kappa shape index (κ2) is 9.45. The van der Waals surface area contributed by atoms with Gasteiger partial charge in [-0.1, -0.05) is 50.9 Å². The van der Waals surface area contributed by atoms with Gasteiger partial charge in [0.2, 0.25) is 0 Å². The van der Waals surface area contributed by atoms with Gasteiger partial charge in [-0.05, 0) is 24.1 Å². The molecule has 5 heteroatoms. The molecule has 1 aromatic carbocycles. The zero-order chi connectivity index (χ0) is 14.3. The second-order valence-electron chi connectivity index (χ2n) is 5.37. The Hall–Kier alpha value is -0.490. The minimum absolute atomic E-state index is 0. The summed E-state index contributed by atoms with van der Waals surface area (Å²) >= 11 is 5.90.